The van der Waals surface area contributed by atoms with Gasteiger partial charge >= 0.3 is 0 Å². The number of methoxy groups -OCH3 is 1. The van der Waals surface area contributed by atoms with E-state index in [0.29, 0.717) is 16.3 Å². The Balaban J connectivity index is 3.28. The van der Waals surface area contributed by atoms with Crippen molar-refractivity contribution in [2.24, 2.45) is 0 Å². The molecule has 0 radical (unpaired) electrons. The zero-order valence-electron chi connectivity index (χ0n) is 9.43. The van der Waals surface area contributed by atoms with E-state index in [4.69, 9.17) is 16.3 Å². The number of ether oxygens (including phenoxy) is 1. The molecule has 1 rings (SSSR count). The topological polar surface area (TPSA) is 58.6 Å². The van der Waals surface area contributed by atoms with Gasteiger partial charge in [0.05, 0.1) is 24.2 Å². The summed E-state index contributed by atoms with van der Waals surface area (Å²) in [6, 6.07) is 1.42. The van der Waals surface area contributed by atoms with Gasteiger partial charge in [0.1, 0.15) is 11.5 Å². The maximum atomic E-state index is 11.6. The minimum absolute atomic E-state index is 0.0819. The first-order valence-corrected chi connectivity index (χ1v) is 5.14. The lowest BCUT2D eigenvalue weighted by Gasteiger charge is -2.12. The highest BCUT2D eigenvalue weighted by Crippen LogP contribution is 2.37. The molecule has 0 saturated carbocycles. The van der Waals surface area contributed by atoms with Crippen LogP contribution in [0.15, 0.2) is 6.07 Å². The Hall–Kier alpha value is -1.26. The first kappa shape index (κ1) is 12.8. The lowest BCUT2D eigenvalue weighted by atomic mass is 10.0. The predicted octanol–water partition coefficient (Wildman–Crippen LogP) is 1.76. The van der Waals surface area contributed by atoms with Crippen molar-refractivity contribution in [1.82, 2.24) is 5.32 Å². The van der Waals surface area contributed by atoms with Crippen molar-refractivity contribution >= 4 is 17.4 Å². The Morgan fingerprint density at radius 2 is 2.25 bits per heavy atom. The molecule has 0 amide bonds. The summed E-state index contributed by atoms with van der Waals surface area (Å²) < 4.78 is 5.03. The quantitative estimate of drug-likeness (QED) is 0.792. The van der Waals surface area contributed by atoms with Crippen molar-refractivity contribution in [2.45, 2.75) is 6.92 Å². The van der Waals surface area contributed by atoms with Crippen LogP contribution in [0.1, 0.15) is 15.9 Å². The second-order valence-electron chi connectivity index (χ2n) is 3.37. The van der Waals surface area contributed by atoms with E-state index in [1.165, 1.54) is 13.2 Å². The summed E-state index contributed by atoms with van der Waals surface area (Å²) in [5, 5.41) is 12.9. The Labute approximate surface area is 99.2 Å². The number of Topliss-reactive ketones (excluding diaryl/α,β-unsaturated/α-hetero) is 1. The fourth-order valence-corrected chi connectivity index (χ4v) is 1.80. The molecule has 0 aliphatic carbocycles. The van der Waals surface area contributed by atoms with Gasteiger partial charge in [-0.3, -0.25) is 4.79 Å². The summed E-state index contributed by atoms with van der Waals surface area (Å²) in [4.78, 5) is 11.6. The predicted molar refractivity (Wildman–Crippen MR) is 62.7 cm³/mol. The van der Waals surface area contributed by atoms with Gasteiger partial charge in [0, 0.05) is 5.56 Å². The van der Waals surface area contributed by atoms with Crippen LogP contribution < -0.4 is 10.1 Å². The number of carbonyl (C=O) groups is 1. The van der Waals surface area contributed by atoms with E-state index in [2.05, 4.69) is 5.32 Å². The van der Waals surface area contributed by atoms with Gasteiger partial charge in [0.15, 0.2) is 5.78 Å². The Kier molecular flexibility index (Phi) is 4.15. The van der Waals surface area contributed by atoms with E-state index in [1.807, 2.05) is 0 Å². The number of rotatable bonds is 4. The third-order valence-electron chi connectivity index (χ3n) is 2.28. The third-order valence-corrected chi connectivity index (χ3v) is 2.56. The van der Waals surface area contributed by atoms with Gasteiger partial charge in [-0.1, -0.05) is 11.6 Å². The van der Waals surface area contributed by atoms with Crippen LogP contribution in [0, 0.1) is 6.92 Å². The number of phenolic OH excluding ortho intramolecular Hbond substituents is 1. The van der Waals surface area contributed by atoms with Crippen LogP contribution in [0.2, 0.25) is 5.02 Å². The van der Waals surface area contributed by atoms with Crippen molar-refractivity contribution in [3.63, 3.8) is 0 Å². The molecule has 4 nitrogen and oxygen atoms in total. The molecule has 0 heterocycles. The second kappa shape index (κ2) is 5.18. The largest absolute Gasteiger partial charge is 0.507 e. The lowest BCUT2D eigenvalue weighted by Crippen LogP contribution is -2.18. The van der Waals surface area contributed by atoms with E-state index in [9.17, 15) is 9.90 Å². The summed E-state index contributed by atoms with van der Waals surface area (Å²) in [6.45, 7) is 1.80. The van der Waals surface area contributed by atoms with Gasteiger partial charge in [-0.05, 0) is 20.0 Å². The van der Waals surface area contributed by atoms with Crippen molar-refractivity contribution < 1.29 is 14.6 Å². The minimum Gasteiger partial charge on any atom is -0.507 e. The maximum Gasteiger partial charge on any atom is 0.180 e. The molecule has 0 unspecified atom stereocenters. The number of halogens is 1. The van der Waals surface area contributed by atoms with Crippen molar-refractivity contribution in [3.8, 4) is 11.5 Å². The number of carbonyl (C=O) groups excluding carboxylic acids is 1. The molecule has 5 heteroatoms. The van der Waals surface area contributed by atoms with Crippen molar-refractivity contribution in [2.75, 3.05) is 20.7 Å². The molecule has 0 spiro atoms. The number of benzene rings is 1. The normalized spacial score (nSPS) is 10.2. The first-order valence-electron chi connectivity index (χ1n) is 4.76. The average molecular weight is 244 g/mol. The van der Waals surface area contributed by atoms with Gasteiger partial charge in [-0.25, -0.2) is 0 Å². The number of phenols is 1. The molecule has 2 N–H and O–H groups in total. The molecule has 1 aromatic rings. The van der Waals surface area contributed by atoms with Crippen LogP contribution in [0.4, 0.5) is 0 Å². The third kappa shape index (κ3) is 2.28. The van der Waals surface area contributed by atoms with Gasteiger partial charge < -0.3 is 15.2 Å². The van der Waals surface area contributed by atoms with E-state index in [-0.39, 0.29) is 23.6 Å². The maximum absolute atomic E-state index is 11.6. The number of aromatic hydroxyl groups is 1. The summed E-state index contributed by atoms with van der Waals surface area (Å²) in [6.07, 6.45) is 0. The minimum atomic E-state index is -0.215. The number of hydrogen-bond acceptors (Lipinski definition) is 4. The molecule has 0 aliphatic rings. The van der Waals surface area contributed by atoms with E-state index in [1.54, 1.807) is 14.0 Å². The highest BCUT2D eigenvalue weighted by Gasteiger charge is 2.18. The van der Waals surface area contributed by atoms with Crippen LogP contribution in [-0.4, -0.2) is 31.6 Å². The Morgan fingerprint density at radius 3 is 2.75 bits per heavy atom. The SMILES string of the molecule is CNCC(=O)c1cc(Cl)c(OC)c(C)c1O. The molecule has 0 bridgehead atoms. The van der Waals surface area contributed by atoms with Crippen LogP contribution in [0.5, 0.6) is 11.5 Å². The lowest BCUT2D eigenvalue weighted by molar-refractivity contribution is 0.0991. The van der Waals surface area contributed by atoms with E-state index >= 15 is 0 Å². The number of nitrogens with one attached hydrogen (secondary N) is 1. The smallest absolute Gasteiger partial charge is 0.180 e. The van der Waals surface area contributed by atoms with Gasteiger partial charge in [-0.2, -0.15) is 0 Å². The van der Waals surface area contributed by atoms with E-state index in [0.717, 1.165) is 0 Å². The van der Waals surface area contributed by atoms with Crippen LogP contribution in [0.25, 0.3) is 0 Å². The molecular formula is C11H14ClNO3. The number of likely N-dealkylation sites (N-methyl/N-ethyl adjacent to an activating group) is 1. The Bertz CT molecular complexity index is 418. The summed E-state index contributed by atoms with van der Waals surface area (Å²) in [7, 11) is 3.12. The van der Waals surface area contributed by atoms with Gasteiger partial charge in [-0.15, -0.1) is 0 Å². The first-order chi connectivity index (χ1) is 7.52. The number of ketones is 1. The molecule has 16 heavy (non-hydrogen) atoms. The standard InChI is InChI=1S/C11H14ClNO3/c1-6-10(15)7(9(14)5-13-2)4-8(12)11(6)16-3/h4,13,15H,5H2,1-3H3. The van der Waals surface area contributed by atoms with Crippen LogP contribution in [0.3, 0.4) is 0 Å². The summed E-state index contributed by atoms with van der Waals surface area (Å²) in [5.41, 5.74) is 0.673. The zero-order chi connectivity index (χ0) is 12.3. The molecule has 0 fully saturated rings. The van der Waals surface area contributed by atoms with Crippen LogP contribution >= 0.6 is 11.6 Å². The van der Waals surface area contributed by atoms with Crippen molar-refractivity contribution in [3.05, 3.63) is 22.2 Å². The molecule has 0 atom stereocenters. The number of hydrogen-bond donors (Lipinski definition) is 2. The monoisotopic (exact) mass is 243 g/mol. The molecule has 0 saturated heterocycles. The molecule has 0 aromatic heterocycles. The van der Waals surface area contributed by atoms with Crippen LogP contribution in [-0.2, 0) is 0 Å². The van der Waals surface area contributed by atoms with Gasteiger partial charge in [0.25, 0.3) is 0 Å². The summed E-state index contributed by atoms with van der Waals surface area (Å²) >= 11 is 5.94. The fraction of sp³-hybridized carbons (Fsp3) is 0.364. The van der Waals surface area contributed by atoms with Crippen molar-refractivity contribution in [1.29, 1.82) is 0 Å². The molecule has 88 valence electrons. The zero-order valence-corrected chi connectivity index (χ0v) is 10.2. The fourth-order valence-electron chi connectivity index (χ4n) is 1.47. The van der Waals surface area contributed by atoms with E-state index < -0.39 is 0 Å². The average Bonchev–Trinajstić information content (AvgIpc) is 2.24. The second-order valence-corrected chi connectivity index (χ2v) is 3.77. The molecular weight excluding hydrogens is 230 g/mol. The molecule has 0 aliphatic heterocycles. The van der Waals surface area contributed by atoms with Gasteiger partial charge in [0.2, 0.25) is 0 Å². The molecule has 1 aromatic carbocycles. The Morgan fingerprint density at radius 1 is 1.62 bits per heavy atom. The highest BCUT2D eigenvalue weighted by molar-refractivity contribution is 6.32. The summed E-state index contributed by atoms with van der Waals surface area (Å²) in [5.74, 6) is 0.0920. The highest BCUT2D eigenvalue weighted by atomic mass is 35.5.